The predicted octanol–water partition coefficient (Wildman–Crippen LogP) is 1.30. The molecule has 2 aromatic heterocycles. The van der Waals surface area contributed by atoms with Crippen LogP contribution in [-0.2, 0) is 0 Å². The third kappa shape index (κ3) is 3.11. The van der Waals surface area contributed by atoms with Crippen molar-refractivity contribution < 1.29 is 9.90 Å². The lowest BCUT2D eigenvalue weighted by molar-refractivity contribution is 0.0449. The number of aromatic nitrogens is 3. The smallest absolute Gasteiger partial charge is 0.252 e. The number of hydrogen-bond acceptors (Lipinski definition) is 4. The quantitative estimate of drug-likeness (QED) is 0.888. The highest BCUT2D eigenvalue weighted by molar-refractivity contribution is 5.93. The number of hydrogen-bond donors (Lipinski definition) is 2. The zero-order valence-electron chi connectivity index (χ0n) is 11.7. The van der Waals surface area contributed by atoms with Gasteiger partial charge in [0, 0.05) is 25.1 Å². The van der Waals surface area contributed by atoms with E-state index < -0.39 is 5.60 Å². The number of aliphatic hydroxyl groups is 1. The highest BCUT2D eigenvalue weighted by Crippen LogP contribution is 2.28. The molecule has 0 aliphatic heterocycles. The van der Waals surface area contributed by atoms with Gasteiger partial charge in [-0.25, -0.2) is 9.97 Å². The van der Waals surface area contributed by atoms with Crippen LogP contribution in [0, 0.1) is 0 Å². The molecule has 0 spiro atoms. The van der Waals surface area contributed by atoms with Gasteiger partial charge < -0.3 is 10.4 Å². The van der Waals surface area contributed by atoms with Crippen molar-refractivity contribution in [3.63, 3.8) is 0 Å². The Bertz CT molecular complexity index is 601. The van der Waals surface area contributed by atoms with Crippen molar-refractivity contribution >= 4 is 5.91 Å². The molecular formula is C15H18N4O2. The zero-order chi connectivity index (χ0) is 14.7. The first-order chi connectivity index (χ1) is 10.2. The van der Waals surface area contributed by atoms with E-state index in [1.165, 1.54) is 6.20 Å². The molecule has 110 valence electrons. The molecule has 1 aliphatic rings. The molecule has 0 bridgehead atoms. The lowest BCUT2D eigenvalue weighted by Gasteiger charge is -2.22. The largest absolute Gasteiger partial charge is 0.388 e. The van der Waals surface area contributed by atoms with E-state index >= 15 is 0 Å². The van der Waals surface area contributed by atoms with Gasteiger partial charge in [0.25, 0.3) is 5.91 Å². The third-order valence-corrected chi connectivity index (χ3v) is 3.89. The van der Waals surface area contributed by atoms with Crippen LogP contribution in [-0.4, -0.2) is 37.7 Å². The number of carbonyl (C=O) groups excluding carboxylic acids is 1. The molecule has 0 unspecified atom stereocenters. The van der Waals surface area contributed by atoms with E-state index in [-0.39, 0.29) is 5.91 Å². The second-order valence-electron chi connectivity index (χ2n) is 5.49. The van der Waals surface area contributed by atoms with Gasteiger partial charge >= 0.3 is 0 Å². The normalized spacial score (nSPS) is 16.8. The van der Waals surface area contributed by atoms with Crippen LogP contribution < -0.4 is 5.32 Å². The van der Waals surface area contributed by atoms with Gasteiger partial charge in [-0.3, -0.25) is 9.36 Å². The Kier molecular flexibility index (Phi) is 3.70. The van der Waals surface area contributed by atoms with Crippen LogP contribution in [0.2, 0.25) is 0 Å². The molecule has 0 atom stereocenters. The molecule has 3 rings (SSSR count). The molecule has 0 radical (unpaired) electrons. The SMILES string of the molecule is O=C(NCC1(O)CCCC1)c1ccc(-n2ccnc2)nc1. The maximum atomic E-state index is 12.1. The zero-order valence-corrected chi connectivity index (χ0v) is 11.7. The molecule has 2 heterocycles. The molecule has 6 nitrogen and oxygen atoms in total. The van der Waals surface area contributed by atoms with Gasteiger partial charge in [-0.2, -0.15) is 0 Å². The fourth-order valence-electron chi connectivity index (χ4n) is 2.62. The number of carbonyl (C=O) groups is 1. The Morgan fingerprint density at radius 1 is 1.38 bits per heavy atom. The minimum atomic E-state index is -0.736. The molecule has 21 heavy (non-hydrogen) atoms. The van der Waals surface area contributed by atoms with E-state index in [1.54, 1.807) is 35.4 Å². The van der Waals surface area contributed by atoms with Crippen molar-refractivity contribution in [2.75, 3.05) is 6.54 Å². The lowest BCUT2D eigenvalue weighted by atomic mass is 10.0. The van der Waals surface area contributed by atoms with Gasteiger partial charge in [0.2, 0.25) is 0 Å². The molecule has 0 aromatic carbocycles. The van der Waals surface area contributed by atoms with Crippen molar-refractivity contribution in [3.05, 3.63) is 42.6 Å². The van der Waals surface area contributed by atoms with Crippen LogP contribution >= 0.6 is 0 Å². The summed E-state index contributed by atoms with van der Waals surface area (Å²) < 4.78 is 1.77. The van der Waals surface area contributed by atoms with Crippen molar-refractivity contribution in [2.24, 2.45) is 0 Å². The lowest BCUT2D eigenvalue weighted by Crippen LogP contribution is -2.40. The average molecular weight is 286 g/mol. The fourth-order valence-corrected chi connectivity index (χ4v) is 2.62. The number of rotatable bonds is 4. The molecule has 6 heteroatoms. The van der Waals surface area contributed by atoms with E-state index in [0.717, 1.165) is 25.7 Å². The van der Waals surface area contributed by atoms with Gasteiger partial charge in [0.05, 0.1) is 11.2 Å². The summed E-state index contributed by atoms with van der Waals surface area (Å²) in [6.45, 7) is 0.301. The number of nitrogens with one attached hydrogen (secondary N) is 1. The summed E-state index contributed by atoms with van der Waals surface area (Å²) >= 11 is 0. The molecule has 1 aliphatic carbocycles. The van der Waals surface area contributed by atoms with Crippen LogP contribution in [0.25, 0.3) is 5.82 Å². The van der Waals surface area contributed by atoms with Crippen molar-refractivity contribution in [2.45, 2.75) is 31.3 Å². The highest BCUT2D eigenvalue weighted by atomic mass is 16.3. The Hall–Kier alpha value is -2.21. The predicted molar refractivity (Wildman–Crippen MR) is 77.1 cm³/mol. The fraction of sp³-hybridized carbons (Fsp3) is 0.400. The van der Waals surface area contributed by atoms with Gasteiger partial charge in [0.15, 0.2) is 0 Å². The number of imidazole rings is 1. The van der Waals surface area contributed by atoms with Crippen LogP contribution in [0.15, 0.2) is 37.1 Å². The van der Waals surface area contributed by atoms with E-state index in [2.05, 4.69) is 15.3 Å². The molecule has 1 amide bonds. The molecule has 2 N–H and O–H groups in total. The molecule has 1 fully saturated rings. The monoisotopic (exact) mass is 286 g/mol. The Labute approximate surface area is 122 Å². The number of nitrogens with zero attached hydrogens (tertiary/aromatic N) is 3. The van der Waals surface area contributed by atoms with Gasteiger partial charge in [-0.05, 0) is 25.0 Å². The maximum absolute atomic E-state index is 12.1. The van der Waals surface area contributed by atoms with Crippen LogP contribution in [0.3, 0.4) is 0 Å². The number of pyridine rings is 1. The minimum Gasteiger partial charge on any atom is -0.388 e. The van der Waals surface area contributed by atoms with Crippen molar-refractivity contribution in [1.82, 2.24) is 19.9 Å². The van der Waals surface area contributed by atoms with E-state index in [9.17, 15) is 9.90 Å². The summed E-state index contributed by atoms with van der Waals surface area (Å²) in [6, 6.07) is 3.48. The van der Waals surface area contributed by atoms with E-state index in [4.69, 9.17) is 0 Å². The van der Waals surface area contributed by atoms with Crippen LogP contribution in [0.5, 0.6) is 0 Å². The van der Waals surface area contributed by atoms with Crippen molar-refractivity contribution in [3.8, 4) is 5.82 Å². The maximum Gasteiger partial charge on any atom is 0.252 e. The summed E-state index contributed by atoms with van der Waals surface area (Å²) in [7, 11) is 0. The summed E-state index contributed by atoms with van der Waals surface area (Å²) in [5.74, 6) is 0.499. The Morgan fingerprint density at radius 2 is 2.19 bits per heavy atom. The third-order valence-electron chi connectivity index (χ3n) is 3.89. The molecule has 1 saturated carbocycles. The van der Waals surface area contributed by atoms with Gasteiger partial charge in [-0.15, -0.1) is 0 Å². The van der Waals surface area contributed by atoms with Crippen LogP contribution in [0.1, 0.15) is 36.0 Å². The van der Waals surface area contributed by atoms with Gasteiger partial charge in [-0.1, -0.05) is 12.8 Å². The Morgan fingerprint density at radius 3 is 2.81 bits per heavy atom. The second-order valence-corrected chi connectivity index (χ2v) is 5.49. The Balaban J connectivity index is 1.62. The molecule has 0 saturated heterocycles. The highest BCUT2D eigenvalue weighted by Gasteiger charge is 2.31. The standard InChI is InChI=1S/C15H18N4O2/c20-14(18-10-15(21)5-1-2-6-15)12-3-4-13(17-9-12)19-8-7-16-11-19/h3-4,7-9,11,21H,1-2,5-6,10H2,(H,18,20). The van der Waals surface area contributed by atoms with E-state index in [1.807, 2.05) is 0 Å². The average Bonchev–Trinajstić information content (AvgIpc) is 3.17. The first-order valence-corrected chi connectivity index (χ1v) is 7.11. The summed E-state index contributed by atoms with van der Waals surface area (Å²) in [5.41, 5.74) is -0.250. The first-order valence-electron chi connectivity index (χ1n) is 7.11. The number of amides is 1. The van der Waals surface area contributed by atoms with Crippen LogP contribution in [0.4, 0.5) is 0 Å². The minimum absolute atomic E-state index is 0.208. The van der Waals surface area contributed by atoms with Gasteiger partial charge in [0.1, 0.15) is 12.1 Å². The molecule has 2 aromatic rings. The van der Waals surface area contributed by atoms with Crippen molar-refractivity contribution in [1.29, 1.82) is 0 Å². The van der Waals surface area contributed by atoms with E-state index in [0.29, 0.717) is 17.9 Å². The molecular weight excluding hydrogens is 268 g/mol. The summed E-state index contributed by atoms with van der Waals surface area (Å²) in [6.07, 6.45) is 10.2. The first kappa shape index (κ1) is 13.8. The topological polar surface area (TPSA) is 80.0 Å². The second kappa shape index (κ2) is 5.65. The summed E-state index contributed by atoms with van der Waals surface area (Å²) in [5, 5.41) is 13.0. The summed E-state index contributed by atoms with van der Waals surface area (Å²) in [4.78, 5) is 20.3.